The molecule has 2 N–H and O–H groups in total. The Labute approximate surface area is 170 Å². The van der Waals surface area contributed by atoms with E-state index < -0.39 is 5.97 Å². The van der Waals surface area contributed by atoms with E-state index in [4.69, 9.17) is 9.84 Å². The Bertz CT molecular complexity index is 853. The maximum atomic E-state index is 13.0. The first kappa shape index (κ1) is 20.8. The molecule has 3 rings (SSSR count). The third kappa shape index (κ3) is 5.12. The summed E-state index contributed by atoms with van der Waals surface area (Å²) in [4.78, 5) is 30.2. The fourth-order valence-electron chi connectivity index (χ4n) is 3.69. The second kappa shape index (κ2) is 9.52. The molecule has 2 heterocycles. The van der Waals surface area contributed by atoms with Gasteiger partial charge in [-0.2, -0.15) is 0 Å². The number of carboxylic acid groups (broad SMARTS) is 1. The van der Waals surface area contributed by atoms with Gasteiger partial charge in [0.2, 0.25) is 5.91 Å². The summed E-state index contributed by atoms with van der Waals surface area (Å²) in [6.45, 7) is 3.78. The third-order valence-corrected chi connectivity index (χ3v) is 5.41. The number of aromatic nitrogens is 1. The van der Waals surface area contributed by atoms with E-state index in [0.29, 0.717) is 18.8 Å². The number of ether oxygens (including phenoxy) is 1. The Morgan fingerprint density at radius 1 is 1.34 bits per heavy atom. The first-order chi connectivity index (χ1) is 14.0. The molecule has 29 heavy (non-hydrogen) atoms. The van der Waals surface area contributed by atoms with Crippen molar-refractivity contribution < 1.29 is 19.4 Å². The smallest absolute Gasteiger partial charge is 0.335 e. The summed E-state index contributed by atoms with van der Waals surface area (Å²) in [6.07, 6.45) is 3.30. The van der Waals surface area contributed by atoms with Crippen molar-refractivity contribution in [2.24, 2.45) is 5.92 Å². The van der Waals surface area contributed by atoms with Crippen molar-refractivity contribution in [3.05, 3.63) is 59.4 Å². The largest absolute Gasteiger partial charge is 0.497 e. The maximum absolute atomic E-state index is 13.0. The third-order valence-electron chi connectivity index (χ3n) is 5.41. The van der Waals surface area contributed by atoms with Crippen LogP contribution >= 0.6 is 0 Å². The summed E-state index contributed by atoms with van der Waals surface area (Å²) in [5.41, 5.74) is 1.95. The van der Waals surface area contributed by atoms with Crippen LogP contribution in [-0.2, 0) is 11.3 Å². The summed E-state index contributed by atoms with van der Waals surface area (Å²) in [7, 11) is 1.64. The molecule has 0 saturated carbocycles. The molecule has 0 unspecified atom stereocenters. The Balaban J connectivity index is 1.57. The number of amides is 1. The van der Waals surface area contributed by atoms with Crippen LogP contribution in [0.25, 0.3) is 0 Å². The summed E-state index contributed by atoms with van der Waals surface area (Å²) < 4.78 is 5.21. The van der Waals surface area contributed by atoms with Crippen molar-refractivity contribution in [1.29, 1.82) is 0 Å². The Hall–Kier alpha value is -2.93. The lowest BCUT2D eigenvalue weighted by Gasteiger charge is -2.37. The fourth-order valence-corrected chi connectivity index (χ4v) is 3.69. The van der Waals surface area contributed by atoms with E-state index in [1.807, 2.05) is 29.2 Å². The van der Waals surface area contributed by atoms with Crippen molar-refractivity contribution in [3.8, 4) is 5.75 Å². The van der Waals surface area contributed by atoms with Crippen LogP contribution in [0.1, 0.15) is 47.4 Å². The average molecular weight is 397 g/mol. The van der Waals surface area contributed by atoms with Crippen LogP contribution < -0.4 is 10.1 Å². The summed E-state index contributed by atoms with van der Waals surface area (Å²) in [6, 6.07) is 10.9. The molecule has 0 radical (unpaired) electrons. The molecule has 2 aromatic rings. The Morgan fingerprint density at radius 2 is 2.10 bits per heavy atom. The van der Waals surface area contributed by atoms with Gasteiger partial charge >= 0.3 is 5.97 Å². The van der Waals surface area contributed by atoms with Crippen LogP contribution in [0.4, 0.5) is 0 Å². The van der Waals surface area contributed by atoms with Crippen molar-refractivity contribution in [2.75, 3.05) is 20.2 Å². The minimum atomic E-state index is -0.973. The Morgan fingerprint density at radius 3 is 2.79 bits per heavy atom. The second-order valence-corrected chi connectivity index (χ2v) is 7.29. The van der Waals surface area contributed by atoms with Crippen LogP contribution in [0.3, 0.4) is 0 Å². The van der Waals surface area contributed by atoms with E-state index in [1.54, 1.807) is 13.2 Å². The minimum Gasteiger partial charge on any atom is -0.497 e. The van der Waals surface area contributed by atoms with Gasteiger partial charge < -0.3 is 20.1 Å². The second-order valence-electron chi connectivity index (χ2n) is 7.29. The van der Waals surface area contributed by atoms with E-state index in [-0.39, 0.29) is 23.4 Å². The molecule has 0 spiro atoms. The van der Waals surface area contributed by atoms with Gasteiger partial charge in [-0.3, -0.25) is 9.78 Å². The van der Waals surface area contributed by atoms with Crippen molar-refractivity contribution in [1.82, 2.24) is 15.2 Å². The number of hydrogen-bond donors (Lipinski definition) is 2. The lowest BCUT2D eigenvalue weighted by molar-refractivity contribution is -0.140. The zero-order valence-corrected chi connectivity index (χ0v) is 16.8. The molecule has 1 amide bonds. The lowest BCUT2D eigenvalue weighted by Crippen LogP contribution is -2.45. The predicted molar refractivity (Wildman–Crippen MR) is 109 cm³/mol. The molecule has 7 heteroatoms. The molecule has 1 aromatic heterocycles. The van der Waals surface area contributed by atoms with Gasteiger partial charge in [-0.05, 0) is 49.6 Å². The quantitative estimate of drug-likeness (QED) is 0.712. The fraction of sp³-hybridized carbons (Fsp3) is 0.409. The van der Waals surface area contributed by atoms with Gasteiger partial charge in [-0.25, -0.2) is 4.79 Å². The monoisotopic (exact) mass is 397 g/mol. The number of nitrogens with one attached hydrogen (secondary N) is 1. The molecule has 1 aliphatic rings. The van der Waals surface area contributed by atoms with E-state index in [0.717, 1.165) is 30.7 Å². The van der Waals surface area contributed by atoms with Gasteiger partial charge in [0.25, 0.3) is 0 Å². The van der Waals surface area contributed by atoms with Gasteiger partial charge in [-0.1, -0.05) is 12.1 Å². The van der Waals surface area contributed by atoms with Crippen LogP contribution in [0.2, 0.25) is 0 Å². The number of carbonyl (C=O) groups excluding carboxylic acids is 1. The van der Waals surface area contributed by atoms with Gasteiger partial charge in [0.1, 0.15) is 5.75 Å². The molecule has 0 aliphatic carbocycles. The summed E-state index contributed by atoms with van der Waals surface area (Å²) in [5.74, 6) is -0.112. The molecular formula is C22H27N3O4. The number of nitrogens with zero attached hydrogens (tertiary/aromatic N) is 2. The molecule has 0 bridgehead atoms. The Kier molecular flexibility index (Phi) is 6.82. The minimum absolute atomic E-state index is 0.00474. The highest BCUT2D eigenvalue weighted by atomic mass is 16.5. The van der Waals surface area contributed by atoms with Gasteiger partial charge in [-0.15, -0.1) is 0 Å². The topological polar surface area (TPSA) is 91.8 Å². The van der Waals surface area contributed by atoms with Crippen LogP contribution in [-0.4, -0.2) is 47.1 Å². The number of hydrogen-bond acceptors (Lipinski definition) is 5. The van der Waals surface area contributed by atoms with Gasteiger partial charge in [0, 0.05) is 25.8 Å². The molecule has 2 atom stereocenters. The molecule has 154 valence electrons. The number of rotatable bonds is 8. The predicted octanol–water partition coefficient (Wildman–Crippen LogP) is 2.88. The molecular weight excluding hydrogens is 370 g/mol. The van der Waals surface area contributed by atoms with Crippen LogP contribution in [0.5, 0.6) is 5.75 Å². The van der Waals surface area contributed by atoms with E-state index >= 15 is 0 Å². The van der Waals surface area contributed by atoms with E-state index in [2.05, 4.69) is 17.2 Å². The van der Waals surface area contributed by atoms with Crippen LogP contribution in [0.15, 0.2) is 42.6 Å². The van der Waals surface area contributed by atoms with Crippen molar-refractivity contribution >= 4 is 11.9 Å². The zero-order chi connectivity index (χ0) is 20.8. The molecule has 7 nitrogen and oxygen atoms in total. The highest BCUT2D eigenvalue weighted by Crippen LogP contribution is 2.28. The number of methoxy groups -OCH3 is 1. The molecule has 1 fully saturated rings. The molecule has 1 saturated heterocycles. The highest BCUT2D eigenvalue weighted by Gasteiger charge is 2.31. The first-order valence-corrected chi connectivity index (χ1v) is 9.83. The SMILES string of the molecule is COc1ccc([C@@H](C)N2CCC[C@@H](CNCc3cc(C(=O)O)ccn3)C2=O)cc1. The first-order valence-electron chi connectivity index (χ1n) is 9.83. The number of pyridine rings is 1. The summed E-state index contributed by atoms with van der Waals surface area (Å²) in [5, 5.41) is 12.3. The lowest BCUT2D eigenvalue weighted by atomic mass is 9.94. The standard InChI is InChI=1S/C22H27N3O4/c1-15(16-5-7-20(29-2)8-6-16)25-11-3-4-18(21(25)26)13-23-14-19-12-17(22(27)28)9-10-24-19/h5-10,12,15,18,23H,3-4,11,13-14H2,1-2H3,(H,27,28)/t15-,18+/m1/s1. The van der Waals surface area contributed by atoms with Crippen LogP contribution in [0, 0.1) is 5.92 Å². The molecule has 1 aliphatic heterocycles. The molecule has 1 aromatic carbocycles. The number of aromatic carboxylic acids is 1. The number of carboxylic acids is 1. The summed E-state index contributed by atoms with van der Waals surface area (Å²) >= 11 is 0. The normalized spacial score (nSPS) is 17.8. The number of carbonyl (C=O) groups is 2. The van der Waals surface area contributed by atoms with Gasteiger partial charge in [0.05, 0.1) is 30.3 Å². The average Bonchev–Trinajstić information content (AvgIpc) is 2.75. The van der Waals surface area contributed by atoms with E-state index in [1.165, 1.54) is 12.3 Å². The highest BCUT2D eigenvalue weighted by molar-refractivity contribution is 5.87. The van der Waals surface area contributed by atoms with Gasteiger partial charge in [0.15, 0.2) is 0 Å². The number of piperidine rings is 1. The van der Waals surface area contributed by atoms with Crippen molar-refractivity contribution in [3.63, 3.8) is 0 Å². The van der Waals surface area contributed by atoms with Crippen molar-refractivity contribution in [2.45, 2.75) is 32.4 Å². The number of benzene rings is 1. The zero-order valence-electron chi connectivity index (χ0n) is 16.8. The van der Waals surface area contributed by atoms with E-state index in [9.17, 15) is 9.59 Å². The maximum Gasteiger partial charge on any atom is 0.335 e. The number of likely N-dealkylation sites (tertiary alicyclic amines) is 1.